The molecule has 134 valence electrons. The van der Waals surface area contributed by atoms with Crippen molar-refractivity contribution in [2.45, 2.75) is 32.4 Å². The summed E-state index contributed by atoms with van der Waals surface area (Å²) < 4.78 is 0. The van der Waals surface area contributed by atoms with Crippen molar-refractivity contribution in [2.24, 2.45) is 5.92 Å². The van der Waals surface area contributed by atoms with Gasteiger partial charge in [-0.15, -0.1) is 0 Å². The molecule has 1 fully saturated rings. The molecule has 2 aromatic rings. The Kier molecular flexibility index (Phi) is 6.56. The maximum Gasteiger partial charge on any atom is 0.0916 e. The second kappa shape index (κ2) is 9.09. The topological polar surface area (TPSA) is 48.4 Å². The van der Waals surface area contributed by atoms with Crippen LogP contribution in [-0.2, 0) is 6.54 Å². The van der Waals surface area contributed by atoms with Gasteiger partial charge in [0.1, 0.15) is 0 Å². The number of rotatable bonds is 7. The smallest absolute Gasteiger partial charge is 0.0916 e. The third-order valence-electron chi connectivity index (χ3n) is 5.19. The van der Waals surface area contributed by atoms with E-state index in [-0.39, 0.29) is 6.10 Å². The van der Waals surface area contributed by atoms with Gasteiger partial charge in [0.25, 0.3) is 0 Å². The molecule has 0 spiro atoms. The zero-order valence-corrected chi connectivity index (χ0v) is 15.1. The van der Waals surface area contributed by atoms with Crippen molar-refractivity contribution in [3.63, 3.8) is 0 Å². The van der Waals surface area contributed by atoms with Gasteiger partial charge in [-0.25, -0.2) is 0 Å². The number of aryl methyl sites for hydroxylation is 1. The van der Waals surface area contributed by atoms with Gasteiger partial charge in [0.2, 0.25) is 0 Å². The lowest BCUT2D eigenvalue weighted by Gasteiger charge is -2.33. The Balaban J connectivity index is 1.37. The van der Waals surface area contributed by atoms with Crippen LogP contribution < -0.4 is 5.32 Å². The Morgan fingerprint density at radius 3 is 2.64 bits per heavy atom. The Morgan fingerprint density at radius 1 is 1.16 bits per heavy atom. The molecule has 1 aromatic carbocycles. The first kappa shape index (κ1) is 18.1. The molecule has 0 aliphatic carbocycles. The molecule has 0 saturated carbocycles. The van der Waals surface area contributed by atoms with Crippen LogP contribution in [0.15, 0.2) is 48.7 Å². The number of hydrogen-bond acceptors (Lipinski definition) is 4. The van der Waals surface area contributed by atoms with Gasteiger partial charge in [0.15, 0.2) is 0 Å². The molecule has 25 heavy (non-hydrogen) atoms. The van der Waals surface area contributed by atoms with Gasteiger partial charge in [0.05, 0.1) is 6.10 Å². The molecule has 0 radical (unpaired) electrons. The van der Waals surface area contributed by atoms with Crippen LogP contribution in [0.1, 0.15) is 35.8 Å². The lowest BCUT2D eigenvalue weighted by atomic mass is 9.96. The normalized spacial score (nSPS) is 17.5. The fourth-order valence-corrected chi connectivity index (χ4v) is 3.51. The molecule has 0 unspecified atom stereocenters. The number of aliphatic hydroxyl groups excluding tert-OH is 1. The number of β-amino-alcohol motifs (C(OH)–C–C–N with tert-alkyl or cyclic N) is 1. The first-order valence-corrected chi connectivity index (χ1v) is 9.29. The van der Waals surface area contributed by atoms with Crippen LogP contribution in [-0.4, -0.2) is 41.2 Å². The minimum absolute atomic E-state index is 0.385. The van der Waals surface area contributed by atoms with E-state index in [0.717, 1.165) is 49.9 Å². The van der Waals surface area contributed by atoms with Crippen molar-refractivity contribution in [3.05, 3.63) is 65.5 Å². The van der Waals surface area contributed by atoms with Crippen LogP contribution in [0.2, 0.25) is 0 Å². The Labute approximate surface area is 150 Å². The maximum atomic E-state index is 10.4. The SMILES string of the molecule is Cc1ncccc1CNCC1CCN(C[C@H](O)c2ccccc2)CC1. The van der Waals surface area contributed by atoms with E-state index in [2.05, 4.69) is 28.2 Å². The van der Waals surface area contributed by atoms with E-state index in [1.165, 1.54) is 18.4 Å². The molecule has 4 heteroatoms. The van der Waals surface area contributed by atoms with Gasteiger partial charge in [0, 0.05) is 25.0 Å². The first-order valence-electron chi connectivity index (χ1n) is 9.29. The van der Waals surface area contributed by atoms with Crippen molar-refractivity contribution < 1.29 is 5.11 Å². The van der Waals surface area contributed by atoms with Gasteiger partial charge in [-0.1, -0.05) is 36.4 Å². The van der Waals surface area contributed by atoms with Crippen LogP contribution in [0.25, 0.3) is 0 Å². The molecule has 4 nitrogen and oxygen atoms in total. The van der Waals surface area contributed by atoms with E-state index in [0.29, 0.717) is 0 Å². The highest BCUT2D eigenvalue weighted by atomic mass is 16.3. The molecule has 1 saturated heterocycles. The number of pyridine rings is 1. The number of aliphatic hydroxyl groups is 1. The average Bonchev–Trinajstić information content (AvgIpc) is 2.65. The Morgan fingerprint density at radius 2 is 1.92 bits per heavy atom. The maximum absolute atomic E-state index is 10.4. The van der Waals surface area contributed by atoms with Crippen LogP contribution in [0.3, 0.4) is 0 Å². The quantitative estimate of drug-likeness (QED) is 0.814. The van der Waals surface area contributed by atoms with Crippen LogP contribution in [0.5, 0.6) is 0 Å². The predicted octanol–water partition coefficient (Wildman–Crippen LogP) is 2.93. The zero-order valence-electron chi connectivity index (χ0n) is 15.1. The number of hydrogen-bond donors (Lipinski definition) is 2. The minimum Gasteiger partial charge on any atom is -0.387 e. The highest BCUT2D eigenvalue weighted by molar-refractivity contribution is 5.18. The summed E-state index contributed by atoms with van der Waals surface area (Å²) in [7, 11) is 0. The highest BCUT2D eigenvalue weighted by Crippen LogP contribution is 2.20. The monoisotopic (exact) mass is 339 g/mol. The number of nitrogens with zero attached hydrogens (tertiary/aromatic N) is 2. The summed E-state index contributed by atoms with van der Waals surface area (Å²) >= 11 is 0. The number of likely N-dealkylation sites (tertiary alicyclic amines) is 1. The van der Waals surface area contributed by atoms with Gasteiger partial charge in [-0.2, -0.15) is 0 Å². The second-order valence-electron chi connectivity index (χ2n) is 7.05. The van der Waals surface area contributed by atoms with E-state index in [4.69, 9.17) is 0 Å². The Bertz CT molecular complexity index is 639. The van der Waals surface area contributed by atoms with Crippen molar-refractivity contribution >= 4 is 0 Å². The molecule has 0 amide bonds. The van der Waals surface area contributed by atoms with Crippen molar-refractivity contribution in [1.29, 1.82) is 0 Å². The number of nitrogens with one attached hydrogen (secondary N) is 1. The Hall–Kier alpha value is -1.75. The molecular weight excluding hydrogens is 310 g/mol. The van der Waals surface area contributed by atoms with Gasteiger partial charge >= 0.3 is 0 Å². The molecule has 1 atom stereocenters. The summed E-state index contributed by atoms with van der Waals surface area (Å²) in [6.07, 6.45) is 3.85. The summed E-state index contributed by atoms with van der Waals surface area (Å²) in [6, 6.07) is 14.1. The average molecular weight is 339 g/mol. The number of piperidine rings is 1. The van der Waals surface area contributed by atoms with E-state index < -0.39 is 0 Å². The van der Waals surface area contributed by atoms with Crippen molar-refractivity contribution in [2.75, 3.05) is 26.2 Å². The third kappa shape index (κ3) is 5.36. The summed E-state index contributed by atoms with van der Waals surface area (Å²) in [5.74, 6) is 0.724. The molecule has 1 aliphatic heterocycles. The standard InChI is InChI=1S/C21H29N3O/c1-17-20(8-5-11-23-17)15-22-14-18-9-12-24(13-10-18)16-21(25)19-6-3-2-4-7-19/h2-8,11,18,21-22,25H,9-10,12-16H2,1H3/t21-/m0/s1. The fourth-order valence-electron chi connectivity index (χ4n) is 3.51. The summed E-state index contributed by atoms with van der Waals surface area (Å²) in [6.45, 7) is 6.90. The largest absolute Gasteiger partial charge is 0.387 e. The molecule has 2 heterocycles. The molecule has 0 bridgehead atoms. The van der Waals surface area contributed by atoms with Crippen LogP contribution >= 0.6 is 0 Å². The third-order valence-corrected chi connectivity index (χ3v) is 5.19. The van der Waals surface area contributed by atoms with E-state index in [1.54, 1.807) is 0 Å². The van der Waals surface area contributed by atoms with Crippen molar-refractivity contribution in [1.82, 2.24) is 15.2 Å². The predicted molar refractivity (Wildman–Crippen MR) is 101 cm³/mol. The highest BCUT2D eigenvalue weighted by Gasteiger charge is 2.21. The van der Waals surface area contributed by atoms with Gasteiger partial charge in [-0.3, -0.25) is 4.98 Å². The number of aromatic nitrogens is 1. The van der Waals surface area contributed by atoms with E-state index >= 15 is 0 Å². The number of benzene rings is 1. The molecule has 1 aromatic heterocycles. The molecule has 2 N–H and O–H groups in total. The molecule has 3 rings (SSSR count). The van der Waals surface area contributed by atoms with Crippen molar-refractivity contribution in [3.8, 4) is 0 Å². The summed E-state index contributed by atoms with van der Waals surface area (Å²) in [4.78, 5) is 6.72. The van der Waals surface area contributed by atoms with Crippen LogP contribution in [0.4, 0.5) is 0 Å². The first-order chi connectivity index (χ1) is 12.2. The van der Waals surface area contributed by atoms with Crippen LogP contribution in [0, 0.1) is 12.8 Å². The summed E-state index contributed by atoms with van der Waals surface area (Å²) in [5, 5.41) is 14.0. The lowest BCUT2D eigenvalue weighted by molar-refractivity contribution is 0.0891. The second-order valence-corrected chi connectivity index (χ2v) is 7.05. The van der Waals surface area contributed by atoms with Gasteiger partial charge in [-0.05, 0) is 62.5 Å². The van der Waals surface area contributed by atoms with Gasteiger partial charge < -0.3 is 15.3 Å². The lowest BCUT2D eigenvalue weighted by Crippen LogP contribution is -2.39. The zero-order chi connectivity index (χ0) is 17.5. The van der Waals surface area contributed by atoms with E-state index in [9.17, 15) is 5.11 Å². The summed E-state index contributed by atoms with van der Waals surface area (Å²) in [5.41, 5.74) is 3.41. The molecule has 1 aliphatic rings. The fraction of sp³-hybridized carbons (Fsp3) is 0.476. The van der Waals surface area contributed by atoms with E-state index in [1.807, 2.05) is 42.6 Å². The minimum atomic E-state index is -0.385. The molecular formula is C21H29N3O.